The van der Waals surface area contributed by atoms with Gasteiger partial charge < -0.3 is 14.8 Å². The van der Waals surface area contributed by atoms with Crippen LogP contribution in [0.3, 0.4) is 0 Å². The summed E-state index contributed by atoms with van der Waals surface area (Å²) in [6, 6.07) is 10.6. The molecule has 2 fully saturated rings. The van der Waals surface area contributed by atoms with Crippen LogP contribution in [0.2, 0.25) is 0 Å². The van der Waals surface area contributed by atoms with Crippen LogP contribution in [0.5, 0.6) is 0 Å². The summed E-state index contributed by atoms with van der Waals surface area (Å²) in [5, 5.41) is 7.24. The molecule has 8 heteroatoms. The summed E-state index contributed by atoms with van der Waals surface area (Å²) in [6.45, 7) is 7.26. The van der Waals surface area contributed by atoms with E-state index in [0.29, 0.717) is 30.9 Å². The second-order valence-corrected chi connectivity index (χ2v) is 9.19. The van der Waals surface area contributed by atoms with Gasteiger partial charge in [-0.1, -0.05) is 12.1 Å². The Balaban J connectivity index is 1.21. The van der Waals surface area contributed by atoms with Gasteiger partial charge in [-0.3, -0.25) is 14.3 Å². The van der Waals surface area contributed by atoms with E-state index in [1.807, 2.05) is 42.8 Å². The number of para-hydroxylation sites is 2. The minimum absolute atomic E-state index is 0.275. The Morgan fingerprint density at radius 2 is 1.81 bits per heavy atom. The lowest BCUT2D eigenvalue weighted by Crippen LogP contribution is -2.44. The zero-order valence-electron chi connectivity index (χ0n) is 18.9. The third-order valence-corrected chi connectivity index (χ3v) is 6.94. The first kappa shape index (κ1) is 20.7. The summed E-state index contributed by atoms with van der Waals surface area (Å²) in [6.07, 6.45) is 4.05. The van der Waals surface area contributed by atoms with Crippen molar-refractivity contribution in [1.29, 1.82) is 0 Å². The number of nitrogens with one attached hydrogen (secondary N) is 1. The van der Waals surface area contributed by atoms with Gasteiger partial charge in [-0.15, -0.1) is 0 Å². The molecule has 0 spiro atoms. The van der Waals surface area contributed by atoms with Crippen LogP contribution in [-0.4, -0.2) is 49.1 Å². The molecule has 1 atom stereocenters. The fourth-order valence-electron chi connectivity index (χ4n) is 5.01. The lowest BCUT2D eigenvalue weighted by atomic mass is 10.0. The standard InChI is InChI=1S/C24H30N6O2/c1-15-14-22(27-30(15)16(2)18-8-9-18)26-23(31)24(32)28-12-10-19(11-13-28)29-17(3)25-20-6-4-5-7-21(20)29/h4-7,14,16,18-19H,8-13H2,1-3H3,(H,26,27,31). The summed E-state index contributed by atoms with van der Waals surface area (Å²) in [5.41, 5.74) is 3.11. The van der Waals surface area contributed by atoms with Crippen LogP contribution in [0.25, 0.3) is 11.0 Å². The molecule has 8 nitrogen and oxygen atoms in total. The zero-order valence-corrected chi connectivity index (χ0v) is 18.9. The van der Waals surface area contributed by atoms with E-state index in [0.717, 1.165) is 35.4 Å². The SMILES string of the molecule is Cc1cc(NC(=O)C(=O)N2CCC(n3c(C)nc4ccccc43)CC2)nn1C(C)C1CC1. The quantitative estimate of drug-likeness (QED) is 0.636. The highest BCUT2D eigenvalue weighted by molar-refractivity contribution is 6.39. The molecule has 1 aliphatic heterocycles. The van der Waals surface area contributed by atoms with Crippen molar-refractivity contribution in [3.05, 3.63) is 41.9 Å². The molecule has 2 amide bonds. The first-order valence-corrected chi connectivity index (χ1v) is 11.5. The number of carbonyl (C=O) groups is 2. The predicted molar refractivity (Wildman–Crippen MR) is 122 cm³/mol. The van der Waals surface area contributed by atoms with Gasteiger partial charge in [0.2, 0.25) is 0 Å². The maximum atomic E-state index is 12.8. The minimum Gasteiger partial charge on any atom is -0.334 e. The number of aryl methyl sites for hydroxylation is 2. The number of aromatic nitrogens is 4. The highest BCUT2D eigenvalue weighted by atomic mass is 16.2. The van der Waals surface area contributed by atoms with E-state index >= 15 is 0 Å². The number of fused-ring (bicyclic) bond motifs is 1. The second kappa shape index (κ2) is 8.07. The van der Waals surface area contributed by atoms with Crippen molar-refractivity contribution >= 4 is 28.7 Å². The lowest BCUT2D eigenvalue weighted by molar-refractivity contribution is -0.144. The molecule has 3 aromatic rings. The molecule has 2 aliphatic rings. The van der Waals surface area contributed by atoms with Crippen molar-refractivity contribution in [1.82, 2.24) is 24.2 Å². The molecule has 0 bridgehead atoms. The van der Waals surface area contributed by atoms with Crippen molar-refractivity contribution < 1.29 is 9.59 Å². The third kappa shape index (κ3) is 3.78. The highest BCUT2D eigenvalue weighted by Crippen LogP contribution is 2.39. The summed E-state index contributed by atoms with van der Waals surface area (Å²) >= 11 is 0. The number of likely N-dealkylation sites (tertiary alicyclic amines) is 1. The number of anilines is 1. The fourth-order valence-corrected chi connectivity index (χ4v) is 5.01. The van der Waals surface area contributed by atoms with Gasteiger partial charge in [0, 0.05) is 30.9 Å². The molecule has 1 saturated carbocycles. The summed E-state index contributed by atoms with van der Waals surface area (Å²) in [7, 11) is 0. The van der Waals surface area contributed by atoms with Crippen LogP contribution in [0.1, 0.15) is 56.2 Å². The highest BCUT2D eigenvalue weighted by Gasteiger charge is 2.32. The second-order valence-electron chi connectivity index (χ2n) is 9.19. The number of amides is 2. The van der Waals surface area contributed by atoms with Gasteiger partial charge in [0.25, 0.3) is 0 Å². The van der Waals surface area contributed by atoms with Gasteiger partial charge in [0.05, 0.1) is 17.1 Å². The first-order chi connectivity index (χ1) is 15.4. The van der Waals surface area contributed by atoms with Crippen molar-refractivity contribution in [3.63, 3.8) is 0 Å². The largest absolute Gasteiger partial charge is 0.334 e. The Morgan fingerprint density at radius 1 is 1.09 bits per heavy atom. The third-order valence-electron chi connectivity index (χ3n) is 6.94. The van der Waals surface area contributed by atoms with Crippen LogP contribution >= 0.6 is 0 Å². The molecule has 32 heavy (non-hydrogen) atoms. The number of piperidine rings is 1. The molecule has 5 rings (SSSR count). The molecule has 1 aliphatic carbocycles. The average molecular weight is 435 g/mol. The van der Waals surface area contributed by atoms with Crippen molar-refractivity contribution in [2.45, 2.75) is 58.5 Å². The predicted octanol–water partition coefficient (Wildman–Crippen LogP) is 3.62. The van der Waals surface area contributed by atoms with Gasteiger partial charge in [0.15, 0.2) is 5.82 Å². The summed E-state index contributed by atoms with van der Waals surface area (Å²) in [5.74, 6) is 0.995. The average Bonchev–Trinajstić information content (AvgIpc) is 3.50. The monoisotopic (exact) mass is 434 g/mol. The van der Waals surface area contributed by atoms with Gasteiger partial charge in [0.1, 0.15) is 5.82 Å². The number of rotatable bonds is 4. The molecule has 168 valence electrons. The van der Waals surface area contributed by atoms with Gasteiger partial charge >= 0.3 is 11.8 Å². The van der Waals surface area contributed by atoms with Crippen molar-refractivity contribution in [3.8, 4) is 0 Å². The molecular weight excluding hydrogens is 404 g/mol. The Bertz CT molecular complexity index is 1170. The molecule has 1 saturated heterocycles. The van der Waals surface area contributed by atoms with E-state index < -0.39 is 11.8 Å². The van der Waals surface area contributed by atoms with Gasteiger partial charge in [-0.25, -0.2) is 4.98 Å². The molecule has 0 radical (unpaired) electrons. The Labute approximate surface area is 187 Å². The number of hydrogen-bond donors (Lipinski definition) is 1. The molecule has 1 unspecified atom stereocenters. The van der Waals surface area contributed by atoms with Crippen molar-refractivity contribution in [2.75, 3.05) is 18.4 Å². The Kier molecular flexibility index (Phi) is 5.23. The van der Waals surface area contributed by atoms with Crippen LogP contribution < -0.4 is 5.32 Å². The maximum Gasteiger partial charge on any atom is 0.315 e. The molecule has 1 aromatic carbocycles. The van der Waals surface area contributed by atoms with Crippen molar-refractivity contribution in [2.24, 2.45) is 5.92 Å². The van der Waals surface area contributed by atoms with Crippen LogP contribution in [-0.2, 0) is 9.59 Å². The Hall–Kier alpha value is -3.16. The van der Waals surface area contributed by atoms with E-state index in [1.54, 1.807) is 4.90 Å². The zero-order chi connectivity index (χ0) is 22.4. The van der Waals surface area contributed by atoms with E-state index in [9.17, 15) is 9.59 Å². The van der Waals surface area contributed by atoms with Gasteiger partial charge in [-0.2, -0.15) is 5.10 Å². The molecule has 3 heterocycles. The molecule has 2 aromatic heterocycles. The number of imidazole rings is 1. The smallest absolute Gasteiger partial charge is 0.315 e. The minimum atomic E-state index is -0.614. The maximum absolute atomic E-state index is 12.8. The number of benzene rings is 1. The lowest BCUT2D eigenvalue weighted by Gasteiger charge is -2.33. The normalized spacial score (nSPS) is 18.2. The van der Waals surface area contributed by atoms with E-state index in [2.05, 4.69) is 33.0 Å². The van der Waals surface area contributed by atoms with Crippen LogP contribution in [0.15, 0.2) is 30.3 Å². The summed E-state index contributed by atoms with van der Waals surface area (Å²) < 4.78 is 4.23. The number of hydrogen-bond acceptors (Lipinski definition) is 4. The molecular formula is C24H30N6O2. The Morgan fingerprint density at radius 3 is 2.53 bits per heavy atom. The van der Waals surface area contributed by atoms with E-state index in [-0.39, 0.29) is 6.04 Å². The molecule has 1 N–H and O–H groups in total. The number of nitrogens with zero attached hydrogens (tertiary/aromatic N) is 5. The number of carbonyl (C=O) groups excluding carboxylic acids is 2. The van der Waals surface area contributed by atoms with Gasteiger partial charge in [-0.05, 0) is 64.5 Å². The van der Waals surface area contributed by atoms with E-state index in [4.69, 9.17) is 0 Å². The van der Waals surface area contributed by atoms with Crippen LogP contribution in [0, 0.1) is 19.8 Å². The topological polar surface area (TPSA) is 85.1 Å². The fraction of sp³-hybridized carbons (Fsp3) is 0.500. The van der Waals surface area contributed by atoms with Crippen LogP contribution in [0.4, 0.5) is 5.82 Å². The summed E-state index contributed by atoms with van der Waals surface area (Å²) in [4.78, 5) is 31.7. The van der Waals surface area contributed by atoms with E-state index in [1.165, 1.54) is 12.8 Å². The first-order valence-electron chi connectivity index (χ1n) is 11.5.